The number of carbonyl (C=O) groups excluding carboxylic acids is 2. The molecule has 7 heteroatoms. The molecule has 0 saturated heterocycles. The van der Waals surface area contributed by atoms with Crippen LogP contribution in [0.3, 0.4) is 0 Å². The minimum Gasteiger partial charge on any atom is -0.482 e. The van der Waals surface area contributed by atoms with Gasteiger partial charge in [-0.1, -0.05) is 17.7 Å². The molecule has 2 aromatic rings. The Morgan fingerprint density at radius 2 is 2.00 bits per heavy atom. The second-order valence-electron chi connectivity index (χ2n) is 7.11. The van der Waals surface area contributed by atoms with Crippen LogP contribution in [-0.2, 0) is 9.53 Å². The molecule has 0 aliphatic carbocycles. The summed E-state index contributed by atoms with van der Waals surface area (Å²) in [7, 11) is 0. The molecule has 0 spiro atoms. The third-order valence-corrected chi connectivity index (χ3v) is 4.02. The molecule has 2 aromatic carbocycles. The lowest BCUT2D eigenvalue weighted by molar-refractivity contribution is -0.157. The Labute approximate surface area is 166 Å². The van der Waals surface area contributed by atoms with Crippen molar-refractivity contribution in [3.8, 4) is 11.5 Å². The third kappa shape index (κ3) is 4.51. The first kappa shape index (κ1) is 19.9. The monoisotopic (exact) mass is 404 g/mol. The summed E-state index contributed by atoms with van der Waals surface area (Å²) in [4.78, 5) is 24.2. The number of halogens is 2. The topological polar surface area (TPSA) is 61.8 Å². The summed E-state index contributed by atoms with van der Waals surface area (Å²) < 4.78 is 30.1. The van der Waals surface area contributed by atoms with Gasteiger partial charge in [0.2, 0.25) is 5.78 Å². The average molecular weight is 405 g/mol. The van der Waals surface area contributed by atoms with Crippen LogP contribution in [0.2, 0.25) is 5.02 Å². The van der Waals surface area contributed by atoms with Gasteiger partial charge in [0, 0.05) is 11.6 Å². The highest BCUT2D eigenvalue weighted by molar-refractivity contribution is 6.32. The van der Waals surface area contributed by atoms with Crippen molar-refractivity contribution in [1.82, 2.24) is 0 Å². The molecule has 0 amide bonds. The van der Waals surface area contributed by atoms with Crippen LogP contribution in [0.15, 0.2) is 42.2 Å². The molecule has 0 saturated carbocycles. The van der Waals surface area contributed by atoms with Crippen molar-refractivity contribution in [1.29, 1.82) is 0 Å². The van der Waals surface area contributed by atoms with Crippen molar-refractivity contribution in [3.63, 3.8) is 0 Å². The number of hydrogen-bond donors (Lipinski definition) is 0. The molecule has 0 aromatic heterocycles. The van der Waals surface area contributed by atoms with Crippen LogP contribution in [-0.4, -0.2) is 24.0 Å². The Balaban J connectivity index is 1.76. The quantitative estimate of drug-likeness (QED) is 0.540. The fraction of sp³-hybridized carbons (Fsp3) is 0.238. The van der Waals surface area contributed by atoms with Gasteiger partial charge in [0.1, 0.15) is 22.9 Å². The van der Waals surface area contributed by atoms with Crippen LogP contribution < -0.4 is 9.47 Å². The first-order valence-corrected chi connectivity index (χ1v) is 8.89. The van der Waals surface area contributed by atoms with Crippen LogP contribution in [0.1, 0.15) is 36.7 Å². The lowest BCUT2D eigenvalue weighted by Crippen LogP contribution is -2.27. The van der Waals surface area contributed by atoms with Crippen molar-refractivity contribution >= 4 is 29.4 Å². The molecule has 0 bridgehead atoms. The molecule has 0 fully saturated rings. The summed E-state index contributed by atoms with van der Waals surface area (Å²) in [5.74, 6) is -0.930. The molecule has 28 heavy (non-hydrogen) atoms. The average Bonchev–Trinajstić information content (AvgIpc) is 2.90. The normalized spacial score (nSPS) is 14.6. The van der Waals surface area contributed by atoms with Gasteiger partial charge < -0.3 is 14.2 Å². The maximum absolute atomic E-state index is 14.0. The first-order valence-electron chi connectivity index (χ1n) is 8.51. The second kappa shape index (κ2) is 7.64. The van der Waals surface area contributed by atoms with Crippen molar-refractivity contribution in [2.45, 2.75) is 26.4 Å². The van der Waals surface area contributed by atoms with Crippen molar-refractivity contribution in [2.75, 3.05) is 6.61 Å². The van der Waals surface area contributed by atoms with Crippen molar-refractivity contribution in [3.05, 3.63) is 64.1 Å². The molecule has 5 nitrogen and oxygen atoms in total. The lowest BCUT2D eigenvalue weighted by atomic mass is 10.1. The number of rotatable bonds is 4. The van der Waals surface area contributed by atoms with Gasteiger partial charge in [0.25, 0.3) is 0 Å². The summed E-state index contributed by atoms with van der Waals surface area (Å²) in [5, 5.41) is 0.168. The molecule has 0 unspecified atom stereocenters. The molecule has 1 heterocycles. The van der Waals surface area contributed by atoms with Crippen LogP contribution in [0, 0.1) is 5.82 Å². The standard InChI is InChI=1S/C21H18ClFO5/c1-21(2,3)28-19(24)11-26-12-7-8-13-17(9-12)27-18(20(13)25)10-14-15(22)5-4-6-16(14)23/h4-10H,11H2,1-3H3/b18-10+. The third-order valence-electron chi connectivity index (χ3n) is 3.69. The van der Waals surface area contributed by atoms with Gasteiger partial charge in [-0.05, 0) is 51.1 Å². The van der Waals surface area contributed by atoms with Crippen LogP contribution in [0.5, 0.6) is 11.5 Å². The molecule has 146 valence electrons. The second-order valence-corrected chi connectivity index (χ2v) is 7.52. The molecule has 0 N–H and O–H groups in total. The maximum Gasteiger partial charge on any atom is 0.344 e. The molecule has 1 aliphatic rings. The number of fused-ring (bicyclic) bond motifs is 1. The zero-order valence-electron chi connectivity index (χ0n) is 15.5. The number of carbonyl (C=O) groups is 2. The van der Waals surface area contributed by atoms with Gasteiger partial charge in [0.05, 0.1) is 10.6 Å². The maximum atomic E-state index is 14.0. The van der Waals surface area contributed by atoms with Gasteiger partial charge >= 0.3 is 5.97 Å². The zero-order valence-corrected chi connectivity index (χ0v) is 16.3. The Kier molecular flexibility index (Phi) is 5.42. The SMILES string of the molecule is CC(C)(C)OC(=O)COc1ccc2c(c1)O/C(=C/c1c(F)cccc1Cl)C2=O. The minimum atomic E-state index is -0.610. The van der Waals surface area contributed by atoms with Gasteiger partial charge in [0.15, 0.2) is 12.4 Å². The number of benzene rings is 2. The highest BCUT2D eigenvalue weighted by Crippen LogP contribution is 2.35. The summed E-state index contributed by atoms with van der Waals surface area (Å²) in [6.45, 7) is 5.00. The fourth-order valence-electron chi connectivity index (χ4n) is 2.55. The summed E-state index contributed by atoms with van der Waals surface area (Å²) in [6.07, 6.45) is 1.27. The van der Waals surface area contributed by atoms with Crippen LogP contribution in [0.4, 0.5) is 4.39 Å². The van der Waals surface area contributed by atoms with E-state index in [1.807, 2.05) is 0 Å². The van der Waals surface area contributed by atoms with E-state index in [2.05, 4.69) is 0 Å². The van der Waals surface area contributed by atoms with Gasteiger partial charge in [-0.3, -0.25) is 4.79 Å². The van der Waals surface area contributed by atoms with Crippen LogP contribution in [0.25, 0.3) is 6.08 Å². The van der Waals surface area contributed by atoms with Gasteiger partial charge in [-0.25, -0.2) is 9.18 Å². The zero-order chi connectivity index (χ0) is 20.5. The summed E-state index contributed by atoms with van der Waals surface area (Å²) in [6, 6.07) is 8.79. The predicted octanol–water partition coefficient (Wildman–Crippen LogP) is 4.82. The lowest BCUT2D eigenvalue weighted by Gasteiger charge is -2.19. The highest BCUT2D eigenvalue weighted by Gasteiger charge is 2.28. The van der Waals surface area contributed by atoms with E-state index >= 15 is 0 Å². The van der Waals surface area contributed by atoms with E-state index in [1.54, 1.807) is 26.8 Å². The number of esters is 1. The van der Waals surface area contributed by atoms with E-state index in [0.717, 1.165) is 0 Å². The van der Waals surface area contributed by atoms with E-state index < -0.39 is 23.2 Å². The number of allylic oxidation sites excluding steroid dienone is 1. The fourth-order valence-corrected chi connectivity index (χ4v) is 2.77. The Morgan fingerprint density at radius 3 is 2.68 bits per heavy atom. The number of ketones is 1. The summed E-state index contributed by atoms with van der Waals surface area (Å²) >= 11 is 5.99. The molecule has 0 atom stereocenters. The van der Waals surface area contributed by atoms with E-state index in [4.69, 9.17) is 25.8 Å². The van der Waals surface area contributed by atoms with Gasteiger partial charge in [-0.2, -0.15) is 0 Å². The Bertz CT molecular complexity index is 955. The molecule has 0 radical (unpaired) electrons. The number of hydrogen-bond acceptors (Lipinski definition) is 5. The molecule has 3 rings (SSSR count). The largest absolute Gasteiger partial charge is 0.482 e. The highest BCUT2D eigenvalue weighted by atomic mass is 35.5. The van der Waals surface area contributed by atoms with E-state index in [1.165, 1.54) is 36.4 Å². The number of ether oxygens (including phenoxy) is 3. The van der Waals surface area contributed by atoms with Gasteiger partial charge in [-0.15, -0.1) is 0 Å². The first-order chi connectivity index (χ1) is 13.1. The summed E-state index contributed by atoms with van der Waals surface area (Å²) in [5.41, 5.74) is -0.230. The van der Waals surface area contributed by atoms with Crippen molar-refractivity contribution < 1.29 is 28.2 Å². The molecule has 1 aliphatic heterocycles. The molecular formula is C21H18ClFO5. The van der Waals surface area contributed by atoms with E-state index in [0.29, 0.717) is 11.3 Å². The van der Waals surface area contributed by atoms with E-state index in [-0.39, 0.29) is 28.7 Å². The Morgan fingerprint density at radius 1 is 1.25 bits per heavy atom. The number of Topliss-reactive ketones (excluding diaryl/α,β-unsaturated/α-hetero) is 1. The smallest absolute Gasteiger partial charge is 0.344 e. The van der Waals surface area contributed by atoms with Crippen LogP contribution >= 0.6 is 11.6 Å². The predicted molar refractivity (Wildman–Crippen MR) is 102 cm³/mol. The van der Waals surface area contributed by atoms with E-state index in [9.17, 15) is 14.0 Å². The minimum absolute atomic E-state index is 0.0497. The van der Waals surface area contributed by atoms with Crippen molar-refractivity contribution in [2.24, 2.45) is 0 Å². The Hall–Kier alpha value is -2.86. The molecular weight excluding hydrogens is 387 g/mol.